The molecule has 4 heteroatoms. The van der Waals surface area contributed by atoms with E-state index in [9.17, 15) is 0 Å². The molecule has 0 bridgehead atoms. The first-order chi connectivity index (χ1) is 7.88. The standard InChI is InChI=1S/C12H12N2O2/c1-15-9-2-3-10-11(8-9)16-7-6-14-5-4-13-12(10)14/h2-5,8H,6-7H2,1H3. The van der Waals surface area contributed by atoms with Crippen LogP contribution >= 0.6 is 0 Å². The van der Waals surface area contributed by atoms with Gasteiger partial charge in [-0.25, -0.2) is 4.98 Å². The lowest BCUT2D eigenvalue weighted by molar-refractivity contribution is 0.304. The first-order valence-electron chi connectivity index (χ1n) is 5.21. The molecule has 1 aliphatic heterocycles. The summed E-state index contributed by atoms with van der Waals surface area (Å²) in [6.45, 7) is 1.48. The molecule has 16 heavy (non-hydrogen) atoms. The highest BCUT2D eigenvalue weighted by Crippen LogP contribution is 2.34. The first kappa shape index (κ1) is 9.27. The molecule has 0 saturated carbocycles. The van der Waals surface area contributed by atoms with Gasteiger partial charge in [0.05, 0.1) is 19.2 Å². The summed E-state index contributed by atoms with van der Waals surface area (Å²) in [4.78, 5) is 4.36. The monoisotopic (exact) mass is 216 g/mol. The van der Waals surface area contributed by atoms with E-state index in [2.05, 4.69) is 9.55 Å². The number of aromatic nitrogens is 2. The molecule has 0 aliphatic carbocycles. The highest BCUT2D eigenvalue weighted by atomic mass is 16.5. The molecule has 0 N–H and O–H groups in total. The maximum Gasteiger partial charge on any atom is 0.143 e. The number of ether oxygens (including phenoxy) is 2. The molecular formula is C12H12N2O2. The predicted molar refractivity (Wildman–Crippen MR) is 59.7 cm³/mol. The Labute approximate surface area is 93.4 Å². The van der Waals surface area contributed by atoms with E-state index in [1.807, 2.05) is 30.6 Å². The second-order valence-electron chi connectivity index (χ2n) is 3.65. The molecule has 1 aromatic heterocycles. The Kier molecular flexibility index (Phi) is 2.06. The Hall–Kier alpha value is -1.97. The van der Waals surface area contributed by atoms with Crippen molar-refractivity contribution in [3.8, 4) is 22.9 Å². The van der Waals surface area contributed by atoms with Crippen LogP contribution in [-0.2, 0) is 6.54 Å². The fraction of sp³-hybridized carbons (Fsp3) is 0.250. The number of fused-ring (bicyclic) bond motifs is 3. The van der Waals surface area contributed by atoms with E-state index in [1.54, 1.807) is 7.11 Å². The van der Waals surface area contributed by atoms with Gasteiger partial charge in [0.25, 0.3) is 0 Å². The van der Waals surface area contributed by atoms with E-state index in [-0.39, 0.29) is 0 Å². The minimum Gasteiger partial charge on any atom is -0.497 e. The first-order valence-corrected chi connectivity index (χ1v) is 5.21. The summed E-state index contributed by atoms with van der Waals surface area (Å²) in [5, 5.41) is 0. The molecule has 3 rings (SSSR count). The quantitative estimate of drug-likeness (QED) is 0.731. The van der Waals surface area contributed by atoms with Crippen molar-refractivity contribution in [1.29, 1.82) is 0 Å². The molecule has 0 fully saturated rings. The van der Waals surface area contributed by atoms with Crippen molar-refractivity contribution >= 4 is 0 Å². The molecule has 0 radical (unpaired) electrons. The molecule has 1 aliphatic rings. The van der Waals surface area contributed by atoms with Gasteiger partial charge in [0.2, 0.25) is 0 Å². The molecule has 0 atom stereocenters. The van der Waals surface area contributed by atoms with Crippen molar-refractivity contribution in [2.75, 3.05) is 13.7 Å². The smallest absolute Gasteiger partial charge is 0.143 e. The summed E-state index contributed by atoms with van der Waals surface area (Å²) in [5.41, 5.74) is 1.02. The van der Waals surface area contributed by atoms with Gasteiger partial charge in [-0.2, -0.15) is 0 Å². The maximum atomic E-state index is 5.69. The Morgan fingerprint density at radius 2 is 2.38 bits per heavy atom. The van der Waals surface area contributed by atoms with Crippen molar-refractivity contribution in [1.82, 2.24) is 9.55 Å². The number of nitrogens with zero attached hydrogens (tertiary/aromatic N) is 2. The lowest BCUT2D eigenvalue weighted by atomic mass is 10.2. The van der Waals surface area contributed by atoms with Crippen molar-refractivity contribution in [2.45, 2.75) is 6.54 Å². The van der Waals surface area contributed by atoms with Crippen LogP contribution in [0.3, 0.4) is 0 Å². The minimum atomic E-state index is 0.656. The lowest BCUT2D eigenvalue weighted by Crippen LogP contribution is -2.04. The van der Waals surface area contributed by atoms with Gasteiger partial charge in [-0.1, -0.05) is 0 Å². The molecule has 2 aromatic rings. The number of imidazole rings is 1. The molecule has 0 saturated heterocycles. The van der Waals surface area contributed by atoms with Crippen LogP contribution in [0, 0.1) is 0 Å². The van der Waals surface area contributed by atoms with Gasteiger partial charge in [-0.3, -0.25) is 0 Å². The Bertz CT molecular complexity index is 519. The normalized spacial score (nSPS) is 13.3. The second-order valence-corrected chi connectivity index (χ2v) is 3.65. The van der Waals surface area contributed by atoms with E-state index < -0.39 is 0 Å². The maximum absolute atomic E-state index is 5.69. The third-order valence-electron chi connectivity index (χ3n) is 2.73. The molecule has 0 unspecified atom stereocenters. The average molecular weight is 216 g/mol. The number of benzene rings is 1. The zero-order chi connectivity index (χ0) is 11.0. The largest absolute Gasteiger partial charge is 0.497 e. The number of hydrogen-bond donors (Lipinski definition) is 0. The van der Waals surface area contributed by atoms with Crippen LogP contribution in [-0.4, -0.2) is 23.3 Å². The minimum absolute atomic E-state index is 0.656. The van der Waals surface area contributed by atoms with Gasteiger partial charge in [-0.15, -0.1) is 0 Å². The lowest BCUT2D eigenvalue weighted by Gasteiger charge is -2.07. The molecule has 4 nitrogen and oxygen atoms in total. The number of hydrogen-bond acceptors (Lipinski definition) is 3. The van der Waals surface area contributed by atoms with Gasteiger partial charge in [0, 0.05) is 18.5 Å². The average Bonchev–Trinajstić information content (AvgIpc) is 2.71. The van der Waals surface area contributed by atoms with E-state index >= 15 is 0 Å². The van der Waals surface area contributed by atoms with Crippen LogP contribution in [0.15, 0.2) is 30.6 Å². The number of rotatable bonds is 1. The topological polar surface area (TPSA) is 36.3 Å². The van der Waals surface area contributed by atoms with E-state index in [1.165, 1.54) is 0 Å². The summed E-state index contributed by atoms with van der Waals surface area (Å²) < 4.78 is 13.0. The molecular weight excluding hydrogens is 204 g/mol. The van der Waals surface area contributed by atoms with Crippen LogP contribution in [0.5, 0.6) is 11.5 Å². The summed E-state index contributed by atoms with van der Waals surface area (Å²) in [6.07, 6.45) is 3.78. The molecule has 0 spiro atoms. The third kappa shape index (κ3) is 1.34. The summed E-state index contributed by atoms with van der Waals surface area (Å²) >= 11 is 0. The second kappa shape index (κ2) is 3.56. The SMILES string of the molecule is COc1ccc2c(c1)OCCn1ccnc1-2. The highest BCUT2D eigenvalue weighted by Gasteiger charge is 2.16. The Balaban J connectivity index is 2.18. The summed E-state index contributed by atoms with van der Waals surface area (Å²) in [5.74, 6) is 2.60. The van der Waals surface area contributed by atoms with Crippen molar-refractivity contribution < 1.29 is 9.47 Å². The summed E-state index contributed by atoms with van der Waals surface area (Å²) in [7, 11) is 1.65. The van der Waals surface area contributed by atoms with Crippen LogP contribution in [0.2, 0.25) is 0 Å². The van der Waals surface area contributed by atoms with Gasteiger partial charge >= 0.3 is 0 Å². The molecule has 0 amide bonds. The fourth-order valence-corrected chi connectivity index (χ4v) is 1.92. The summed E-state index contributed by atoms with van der Waals surface area (Å²) in [6, 6.07) is 5.81. The van der Waals surface area contributed by atoms with E-state index in [0.29, 0.717) is 6.61 Å². The zero-order valence-electron chi connectivity index (χ0n) is 9.01. The fourth-order valence-electron chi connectivity index (χ4n) is 1.92. The Morgan fingerprint density at radius 3 is 3.25 bits per heavy atom. The van der Waals surface area contributed by atoms with Crippen molar-refractivity contribution in [3.05, 3.63) is 30.6 Å². The van der Waals surface area contributed by atoms with Gasteiger partial charge in [0.15, 0.2) is 0 Å². The Morgan fingerprint density at radius 1 is 1.44 bits per heavy atom. The third-order valence-corrected chi connectivity index (χ3v) is 2.73. The van der Waals surface area contributed by atoms with E-state index in [0.717, 1.165) is 29.4 Å². The van der Waals surface area contributed by atoms with Crippen LogP contribution < -0.4 is 9.47 Å². The number of methoxy groups -OCH3 is 1. The van der Waals surface area contributed by atoms with Crippen LogP contribution in [0.25, 0.3) is 11.4 Å². The molecule has 82 valence electrons. The predicted octanol–water partition coefficient (Wildman–Crippen LogP) is 1.95. The van der Waals surface area contributed by atoms with Crippen molar-refractivity contribution in [2.24, 2.45) is 0 Å². The van der Waals surface area contributed by atoms with Crippen LogP contribution in [0.1, 0.15) is 0 Å². The zero-order valence-corrected chi connectivity index (χ0v) is 9.01. The van der Waals surface area contributed by atoms with E-state index in [4.69, 9.17) is 9.47 Å². The van der Waals surface area contributed by atoms with Crippen LogP contribution in [0.4, 0.5) is 0 Å². The van der Waals surface area contributed by atoms with Gasteiger partial charge in [0.1, 0.15) is 23.9 Å². The van der Waals surface area contributed by atoms with Gasteiger partial charge in [-0.05, 0) is 12.1 Å². The highest BCUT2D eigenvalue weighted by molar-refractivity contribution is 5.66. The molecule has 2 heterocycles. The van der Waals surface area contributed by atoms with Crippen molar-refractivity contribution in [3.63, 3.8) is 0 Å². The van der Waals surface area contributed by atoms with Gasteiger partial charge < -0.3 is 14.0 Å². The molecule has 1 aromatic carbocycles.